The number of rotatable bonds is 5. The molecule has 0 aliphatic carbocycles. The highest BCUT2D eigenvalue weighted by Gasteiger charge is 2.21. The summed E-state index contributed by atoms with van der Waals surface area (Å²) in [5, 5.41) is 16.5. The molecule has 0 aliphatic heterocycles. The number of aromatic nitrogens is 2. The minimum Gasteiger partial charge on any atom is -0.478 e. The Balaban J connectivity index is 1.85. The number of aromatic carboxylic acids is 1. The molecule has 0 atom stereocenters. The molecule has 134 valence electrons. The SMILES string of the molecule is Cc1cc(C(=O)NCc2ccc(C(=O)O)cc2)c2c(C(C)C)noc2n1. The quantitative estimate of drug-likeness (QED) is 0.729. The molecular formula is C19H19N3O4. The van der Waals surface area contributed by atoms with E-state index in [1.54, 1.807) is 25.1 Å². The van der Waals surface area contributed by atoms with Crippen molar-refractivity contribution >= 4 is 23.0 Å². The van der Waals surface area contributed by atoms with Crippen LogP contribution in [0.1, 0.15) is 57.4 Å². The van der Waals surface area contributed by atoms with Gasteiger partial charge in [0.1, 0.15) is 0 Å². The monoisotopic (exact) mass is 353 g/mol. The van der Waals surface area contributed by atoms with Gasteiger partial charge in [0.15, 0.2) is 0 Å². The molecular weight excluding hydrogens is 334 g/mol. The summed E-state index contributed by atoms with van der Waals surface area (Å²) in [6, 6.07) is 8.09. The van der Waals surface area contributed by atoms with Crippen LogP contribution in [0.25, 0.3) is 11.1 Å². The molecule has 1 aromatic carbocycles. The number of hydrogen-bond donors (Lipinski definition) is 2. The molecule has 0 bridgehead atoms. The Hall–Kier alpha value is -3.22. The highest BCUT2D eigenvalue weighted by Crippen LogP contribution is 2.27. The number of fused-ring (bicyclic) bond motifs is 1. The van der Waals surface area contributed by atoms with E-state index >= 15 is 0 Å². The second kappa shape index (κ2) is 6.95. The van der Waals surface area contributed by atoms with Crippen LogP contribution in [0, 0.1) is 6.92 Å². The van der Waals surface area contributed by atoms with Crippen molar-refractivity contribution in [3.8, 4) is 0 Å². The zero-order valence-corrected chi connectivity index (χ0v) is 14.7. The molecule has 3 aromatic rings. The fraction of sp³-hybridized carbons (Fsp3) is 0.263. The smallest absolute Gasteiger partial charge is 0.335 e. The number of nitrogens with one attached hydrogen (secondary N) is 1. The van der Waals surface area contributed by atoms with Crippen molar-refractivity contribution in [2.45, 2.75) is 33.2 Å². The summed E-state index contributed by atoms with van der Waals surface area (Å²) in [6.07, 6.45) is 0. The van der Waals surface area contributed by atoms with Crippen LogP contribution in [-0.2, 0) is 6.54 Å². The topological polar surface area (TPSA) is 105 Å². The molecule has 2 aromatic heterocycles. The standard InChI is InChI=1S/C19H19N3O4/c1-10(2)16-15-14(8-11(3)21-18(15)26-22-16)17(23)20-9-12-4-6-13(7-5-12)19(24)25/h4-8,10H,9H2,1-3H3,(H,20,23)(H,24,25). The van der Waals surface area contributed by atoms with Crippen LogP contribution in [0.3, 0.4) is 0 Å². The third-order valence-electron chi connectivity index (χ3n) is 4.05. The first-order valence-corrected chi connectivity index (χ1v) is 8.24. The largest absolute Gasteiger partial charge is 0.478 e. The van der Waals surface area contributed by atoms with Gasteiger partial charge in [0.2, 0.25) is 0 Å². The van der Waals surface area contributed by atoms with Crippen LogP contribution in [0.2, 0.25) is 0 Å². The Kier molecular flexibility index (Phi) is 4.71. The molecule has 26 heavy (non-hydrogen) atoms. The fourth-order valence-corrected chi connectivity index (χ4v) is 2.71. The van der Waals surface area contributed by atoms with Crippen molar-refractivity contribution in [1.82, 2.24) is 15.5 Å². The zero-order chi connectivity index (χ0) is 18.8. The Morgan fingerprint density at radius 3 is 2.54 bits per heavy atom. The number of carboxylic acid groups (broad SMARTS) is 1. The molecule has 0 spiro atoms. The summed E-state index contributed by atoms with van der Waals surface area (Å²) >= 11 is 0. The van der Waals surface area contributed by atoms with E-state index in [0.29, 0.717) is 28.1 Å². The van der Waals surface area contributed by atoms with Crippen LogP contribution in [-0.4, -0.2) is 27.1 Å². The molecule has 0 saturated heterocycles. The number of carbonyl (C=O) groups excluding carboxylic acids is 1. The highest BCUT2D eigenvalue weighted by molar-refractivity contribution is 6.06. The summed E-state index contributed by atoms with van der Waals surface area (Å²) in [7, 11) is 0. The van der Waals surface area contributed by atoms with Crippen molar-refractivity contribution in [2.24, 2.45) is 0 Å². The molecule has 0 aliphatic rings. The van der Waals surface area contributed by atoms with Crippen molar-refractivity contribution in [2.75, 3.05) is 0 Å². The number of carbonyl (C=O) groups is 2. The highest BCUT2D eigenvalue weighted by atomic mass is 16.5. The molecule has 0 radical (unpaired) electrons. The average molecular weight is 353 g/mol. The van der Waals surface area contributed by atoms with Crippen molar-refractivity contribution < 1.29 is 19.2 Å². The average Bonchev–Trinajstić information content (AvgIpc) is 3.03. The van der Waals surface area contributed by atoms with E-state index in [0.717, 1.165) is 5.56 Å². The molecule has 2 heterocycles. The van der Waals surface area contributed by atoms with Gasteiger partial charge in [-0.1, -0.05) is 31.1 Å². The summed E-state index contributed by atoms with van der Waals surface area (Å²) < 4.78 is 5.28. The van der Waals surface area contributed by atoms with Crippen LogP contribution >= 0.6 is 0 Å². The lowest BCUT2D eigenvalue weighted by molar-refractivity contribution is 0.0696. The van der Waals surface area contributed by atoms with Gasteiger partial charge in [0.25, 0.3) is 11.6 Å². The number of amides is 1. The number of carboxylic acids is 1. The van der Waals surface area contributed by atoms with E-state index in [1.165, 1.54) is 12.1 Å². The Labute approximate surface area is 150 Å². The van der Waals surface area contributed by atoms with E-state index in [-0.39, 0.29) is 23.9 Å². The van der Waals surface area contributed by atoms with Crippen LogP contribution in [0.15, 0.2) is 34.9 Å². The normalized spacial score (nSPS) is 11.1. The van der Waals surface area contributed by atoms with Gasteiger partial charge >= 0.3 is 5.97 Å². The van der Waals surface area contributed by atoms with E-state index in [2.05, 4.69) is 15.5 Å². The van der Waals surface area contributed by atoms with E-state index in [1.807, 2.05) is 13.8 Å². The van der Waals surface area contributed by atoms with Gasteiger partial charge in [-0.2, -0.15) is 0 Å². The molecule has 2 N–H and O–H groups in total. The van der Waals surface area contributed by atoms with E-state index < -0.39 is 5.97 Å². The maximum absolute atomic E-state index is 12.7. The first kappa shape index (κ1) is 17.6. The van der Waals surface area contributed by atoms with Gasteiger partial charge < -0.3 is 14.9 Å². The van der Waals surface area contributed by atoms with Crippen LogP contribution < -0.4 is 5.32 Å². The minimum atomic E-state index is -0.982. The van der Waals surface area contributed by atoms with E-state index in [9.17, 15) is 9.59 Å². The predicted octanol–water partition coefficient (Wildman–Crippen LogP) is 3.28. The van der Waals surface area contributed by atoms with Crippen LogP contribution in [0.4, 0.5) is 0 Å². The summed E-state index contributed by atoms with van der Waals surface area (Å²) in [5.74, 6) is -1.15. The van der Waals surface area contributed by atoms with Gasteiger partial charge in [0, 0.05) is 12.2 Å². The van der Waals surface area contributed by atoms with Crippen molar-refractivity contribution in [1.29, 1.82) is 0 Å². The second-order valence-corrected chi connectivity index (χ2v) is 6.40. The predicted molar refractivity (Wildman–Crippen MR) is 95.2 cm³/mol. The number of hydrogen-bond acceptors (Lipinski definition) is 5. The lowest BCUT2D eigenvalue weighted by Crippen LogP contribution is -2.23. The summed E-state index contributed by atoms with van der Waals surface area (Å²) in [4.78, 5) is 27.9. The molecule has 1 amide bonds. The third-order valence-corrected chi connectivity index (χ3v) is 4.05. The summed E-state index contributed by atoms with van der Waals surface area (Å²) in [6.45, 7) is 6.02. The number of benzene rings is 1. The van der Waals surface area contributed by atoms with Crippen molar-refractivity contribution in [3.63, 3.8) is 0 Å². The minimum absolute atomic E-state index is 0.0934. The first-order chi connectivity index (χ1) is 12.4. The van der Waals surface area contributed by atoms with Gasteiger partial charge in [-0.3, -0.25) is 4.79 Å². The molecule has 0 unspecified atom stereocenters. The molecule has 3 rings (SSSR count). The molecule has 7 heteroatoms. The van der Waals surface area contributed by atoms with Crippen LogP contribution in [0.5, 0.6) is 0 Å². The number of nitrogens with zero attached hydrogens (tertiary/aromatic N) is 2. The Morgan fingerprint density at radius 2 is 1.92 bits per heavy atom. The van der Waals surface area contributed by atoms with E-state index in [4.69, 9.17) is 9.63 Å². The fourth-order valence-electron chi connectivity index (χ4n) is 2.71. The third kappa shape index (κ3) is 3.42. The lowest BCUT2D eigenvalue weighted by Gasteiger charge is -2.09. The molecule has 0 fully saturated rings. The lowest BCUT2D eigenvalue weighted by atomic mass is 10.0. The molecule has 0 saturated carbocycles. The van der Waals surface area contributed by atoms with Crippen molar-refractivity contribution in [3.05, 3.63) is 58.4 Å². The molecule has 7 nitrogen and oxygen atoms in total. The van der Waals surface area contributed by atoms with Gasteiger partial charge in [-0.05, 0) is 36.6 Å². The number of pyridine rings is 1. The maximum atomic E-state index is 12.7. The number of aryl methyl sites for hydroxylation is 1. The van der Waals surface area contributed by atoms with Gasteiger partial charge in [0.05, 0.1) is 22.2 Å². The second-order valence-electron chi connectivity index (χ2n) is 6.40. The van der Waals surface area contributed by atoms with Gasteiger partial charge in [-0.25, -0.2) is 9.78 Å². The first-order valence-electron chi connectivity index (χ1n) is 8.24. The summed E-state index contributed by atoms with van der Waals surface area (Å²) in [5.41, 5.74) is 3.20. The zero-order valence-electron chi connectivity index (χ0n) is 14.7. The Morgan fingerprint density at radius 1 is 1.23 bits per heavy atom. The Bertz CT molecular complexity index is 974. The maximum Gasteiger partial charge on any atom is 0.335 e. The van der Waals surface area contributed by atoms with Gasteiger partial charge in [-0.15, -0.1) is 0 Å².